The van der Waals surface area contributed by atoms with Gasteiger partial charge in [0.05, 0.1) is 25.2 Å². The Morgan fingerprint density at radius 1 is 1.27 bits per heavy atom. The van der Waals surface area contributed by atoms with Gasteiger partial charge in [-0.15, -0.1) is 6.58 Å². The maximum absolute atomic E-state index is 5.79. The van der Waals surface area contributed by atoms with Crippen molar-refractivity contribution >= 4 is 15.9 Å². The van der Waals surface area contributed by atoms with Crippen molar-refractivity contribution in [2.75, 3.05) is 25.7 Å². The topological polar surface area (TPSA) is 36.9 Å². The molecule has 0 aliphatic heterocycles. The van der Waals surface area contributed by atoms with E-state index >= 15 is 0 Å². The minimum Gasteiger partial charge on any atom is -0.497 e. The highest BCUT2D eigenvalue weighted by molar-refractivity contribution is 9.09. The minimum absolute atomic E-state index is 0.0787. The van der Waals surface area contributed by atoms with Crippen molar-refractivity contribution in [1.29, 1.82) is 0 Å². The fourth-order valence-electron chi connectivity index (χ4n) is 1.85. The summed E-state index contributed by atoms with van der Waals surface area (Å²) in [6, 6.07) is 7.85. The number of ether oxygens (including phenoxy) is 4. The average Bonchev–Trinajstić information content (AvgIpc) is 2.57. The molecule has 5 heteroatoms. The van der Waals surface area contributed by atoms with E-state index in [1.807, 2.05) is 31.2 Å². The fourth-order valence-corrected chi connectivity index (χ4v) is 2.19. The van der Waals surface area contributed by atoms with Gasteiger partial charge >= 0.3 is 0 Å². The Labute approximate surface area is 141 Å². The predicted octanol–water partition coefficient (Wildman–Crippen LogP) is 3.93. The van der Waals surface area contributed by atoms with Gasteiger partial charge in [-0.3, -0.25) is 0 Å². The molecule has 0 spiro atoms. The summed E-state index contributed by atoms with van der Waals surface area (Å²) in [7, 11) is 1.66. The molecule has 22 heavy (non-hydrogen) atoms. The maximum atomic E-state index is 5.79. The highest BCUT2D eigenvalue weighted by Gasteiger charge is 2.13. The lowest BCUT2D eigenvalue weighted by atomic mass is 10.2. The monoisotopic (exact) mass is 372 g/mol. The van der Waals surface area contributed by atoms with E-state index in [2.05, 4.69) is 22.5 Å². The van der Waals surface area contributed by atoms with Crippen LogP contribution in [0.2, 0.25) is 0 Å². The van der Waals surface area contributed by atoms with E-state index in [1.54, 1.807) is 13.2 Å². The highest BCUT2D eigenvalue weighted by Crippen LogP contribution is 2.13. The number of benzene rings is 1. The van der Waals surface area contributed by atoms with Crippen molar-refractivity contribution in [2.45, 2.75) is 32.3 Å². The summed E-state index contributed by atoms with van der Waals surface area (Å²) >= 11 is 3.37. The van der Waals surface area contributed by atoms with Gasteiger partial charge < -0.3 is 18.9 Å². The largest absolute Gasteiger partial charge is 0.497 e. The number of halogens is 1. The van der Waals surface area contributed by atoms with Crippen LogP contribution >= 0.6 is 15.9 Å². The van der Waals surface area contributed by atoms with Gasteiger partial charge in [-0.2, -0.15) is 0 Å². The second-order valence-corrected chi connectivity index (χ2v) is 5.29. The van der Waals surface area contributed by atoms with Crippen LogP contribution in [-0.4, -0.2) is 38.0 Å². The molecule has 1 rings (SSSR count). The van der Waals surface area contributed by atoms with E-state index in [0.29, 0.717) is 25.2 Å². The van der Waals surface area contributed by atoms with E-state index in [0.717, 1.165) is 17.7 Å². The molecule has 0 heterocycles. The minimum atomic E-state index is -0.255. The van der Waals surface area contributed by atoms with Gasteiger partial charge in [0.2, 0.25) is 0 Å². The van der Waals surface area contributed by atoms with E-state index in [9.17, 15) is 0 Å². The lowest BCUT2D eigenvalue weighted by molar-refractivity contribution is -0.145. The van der Waals surface area contributed by atoms with Gasteiger partial charge in [0.25, 0.3) is 0 Å². The zero-order chi connectivity index (χ0) is 16.2. The normalized spacial score (nSPS) is 13.6. The summed E-state index contributed by atoms with van der Waals surface area (Å²) in [6.45, 7) is 7.53. The molecular formula is C17H25BrO4. The standard InChI is InChI=1S/C17H25BrO4/c1-4-15(22-17(12-18)21-5-2)10-11-20-13-14-6-8-16(19-3)9-7-14/h4,6-9,15,17H,1,5,10-13H2,2-3H3/t15-,17?/m1/s1. The molecule has 1 aromatic carbocycles. The maximum Gasteiger partial charge on any atom is 0.167 e. The quantitative estimate of drug-likeness (QED) is 0.241. The number of rotatable bonds is 12. The summed E-state index contributed by atoms with van der Waals surface area (Å²) in [5.74, 6) is 0.848. The van der Waals surface area contributed by atoms with Crippen LogP contribution in [-0.2, 0) is 20.8 Å². The van der Waals surface area contributed by atoms with Crippen LogP contribution < -0.4 is 4.74 Å². The molecule has 0 amide bonds. The molecule has 0 aliphatic carbocycles. The molecule has 0 radical (unpaired) electrons. The molecule has 0 aromatic heterocycles. The van der Waals surface area contributed by atoms with Crippen LogP contribution in [0.5, 0.6) is 5.75 Å². The molecule has 1 unspecified atom stereocenters. The first-order valence-corrected chi connectivity index (χ1v) is 8.51. The Balaban J connectivity index is 2.26. The van der Waals surface area contributed by atoms with Crippen molar-refractivity contribution in [2.24, 2.45) is 0 Å². The molecule has 0 saturated carbocycles. The molecule has 0 fully saturated rings. The first kappa shape index (κ1) is 19.2. The molecule has 4 nitrogen and oxygen atoms in total. The van der Waals surface area contributed by atoms with Gasteiger partial charge in [-0.25, -0.2) is 0 Å². The van der Waals surface area contributed by atoms with Gasteiger partial charge in [-0.05, 0) is 24.6 Å². The average molecular weight is 373 g/mol. The van der Waals surface area contributed by atoms with Crippen LogP contribution in [0.4, 0.5) is 0 Å². The third-order valence-corrected chi connectivity index (χ3v) is 3.57. The molecular weight excluding hydrogens is 348 g/mol. The van der Waals surface area contributed by atoms with E-state index < -0.39 is 0 Å². The fraction of sp³-hybridized carbons (Fsp3) is 0.529. The van der Waals surface area contributed by atoms with Crippen molar-refractivity contribution in [1.82, 2.24) is 0 Å². The lowest BCUT2D eigenvalue weighted by Crippen LogP contribution is -2.25. The molecule has 1 aromatic rings. The molecule has 0 aliphatic rings. The highest BCUT2D eigenvalue weighted by atomic mass is 79.9. The van der Waals surface area contributed by atoms with Crippen LogP contribution in [0.25, 0.3) is 0 Å². The van der Waals surface area contributed by atoms with Crippen LogP contribution in [0.15, 0.2) is 36.9 Å². The van der Waals surface area contributed by atoms with Crippen LogP contribution in [0.3, 0.4) is 0 Å². The number of hydrogen-bond acceptors (Lipinski definition) is 4. The Bertz CT molecular complexity index is 408. The first-order valence-electron chi connectivity index (χ1n) is 7.39. The summed E-state index contributed by atoms with van der Waals surface area (Å²) < 4.78 is 22.0. The Hall–Kier alpha value is -0.880. The number of alkyl halides is 1. The summed E-state index contributed by atoms with van der Waals surface area (Å²) in [4.78, 5) is 0. The lowest BCUT2D eigenvalue weighted by Gasteiger charge is -2.21. The zero-order valence-electron chi connectivity index (χ0n) is 13.3. The second-order valence-electron chi connectivity index (χ2n) is 4.64. The van der Waals surface area contributed by atoms with Gasteiger partial charge in [0, 0.05) is 19.6 Å². The summed E-state index contributed by atoms with van der Waals surface area (Å²) in [5.41, 5.74) is 1.12. The van der Waals surface area contributed by atoms with Crippen molar-refractivity contribution in [3.63, 3.8) is 0 Å². The molecule has 0 bridgehead atoms. The first-order chi connectivity index (χ1) is 10.7. The third kappa shape index (κ3) is 7.40. The van der Waals surface area contributed by atoms with Crippen molar-refractivity contribution in [3.8, 4) is 5.75 Å². The Morgan fingerprint density at radius 2 is 2.00 bits per heavy atom. The van der Waals surface area contributed by atoms with E-state index in [1.165, 1.54) is 0 Å². The predicted molar refractivity (Wildman–Crippen MR) is 91.5 cm³/mol. The second kappa shape index (κ2) is 11.7. The van der Waals surface area contributed by atoms with Crippen LogP contribution in [0.1, 0.15) is 18.9 Å². The van der Waals surface area contributed by atoms with Gasteiger partial charge in [0.1, 0.15) is 5.75 Å². The Kier molecular flexibility index (Phi) is 10.2. The Morgan fingerprint density at radius 3 is 2.55 bits per heavy atom. The summed E-state index contributed by atoms with van der Waals surface area (Å²) in [5, 5.41) is 0.637. The van der Waals surface area contributed by atoms with E-state index in [-0.39, 0.29) is 12.4 Å². The molecule has 0 N–H and O–H groups in total. The SMILES string of the molecule is C=C[C@H](CCOCc1ccc(OC)cc1)OC(CBr)OCC. The third-order valence-electron chi connectivity index (χ3n) is 3.04. The molecule has 124 valence electrons. The number of hydrogen-bond donors (Lipinski definition) is 0. The smallest absolute Gasteiger partial charge is 0.167 e. The number of methoxy groups -OCH3 is 1. The van der Waals surface area contributed by atoms with Crippen molar-refractivity contribution in [3.05, 3.63) is 42.5 Å². The van der Waals surface area contributed by atoms with E-state index in [4.69, 9.17) is 18.9 Å². The van der Waals surface area contributed by atoms with Gasteiger partial charge in [0.15, 0.2) is 6.29 Å². The molecule has 0 saturated heterocycles. The zero-order valence-corrected chi connectivity index (χ0v) is 14.9. The summed E-state index contributed by atoms with van der Waals surface area (Å²) in [6.07, 6.45) is 2.20. The molecule has 2 atom stereocenters. The van der Waals surface area contributed by atoms with Gasteiger partial charge in [-0.1, -0.05) is 34.1 Å². The van der Waals surface area contributed by atoms with Crippen molar-refractivity contribution < 1.29 is 18.9 Å². The van der Waals surface area contributed by atoms with Crippen LogP contribution in [0, 0.1) is 0 Å².